The van der Waals surface area contributed by atoms with Crippen LogP contribution in [-0.2, 0) is 42.9 Å². The zero-order valence-electron chi connectivity index (χ0n) is 19.6. The predicted octanol–water partition coefficient (Wildman–Crippen LogP) is 2.31. The lowest BCUT2D eigenvalue weighted by Gasteiger charge is -2.38. The van der Waals surface area contributed by atoms with E-state index in [1.165, 1.54) is 22.0 Å². The van der Waals surface area contributed by atoms with E-state index in [0.29, 0.717) is 6.54 Å². The Balaban J connectivity index is 1.42. The van der Waals surface area contributed by atoms with Crippen LogP contribution in [0.3, 0.4) is 0 Å². The van der Waals surface area contributed by atoms with Crippen molar-refractivity contribution in [3.05, 3.63) is 40.7 Å². The van der Waals surface area contributed by atoms with Crippen molar-refractivity contribution in [3.63, 3.8) is 0 Å². The minimum atomic E-state index is -4.33. The topological polar surface area (TPSA) is 99.6 Å². The molecule has 3 aliphatic rings. The molecular formula is C23H31FN6O3S. The number of likely N-dealkylation sites (tertiary alicyclic amines) is 1. The van der Waals surface area contributed by atoms with Crippen LogP contribution >= 0.6 is 0 Å². The van der Waals surface area contributed by atoms with Crippen LogP contribution in [0.15, 0.2) is 18.5 Å². The highest BCUT2D eigenvalue weighted by molar-refractivity contribution is 7.91. The number of carbonyl (C=O) groups is 1. The van der Waals surface area contributed by atoms with Crippen LogP contribution in [0, 0.1) is 0 Å². The number of hydrogen-bond donors (Lipinski definition) is 2. The number of fused-ring (bicyclic) bond motifs is 2. The Kier molecular flexibility index (Phi) is 6.01. The first-order valence-corrected chi connectivity index (χ1v) is 13.3. The summed E-state index contributed by atoms with van der Waals surface area (Å²) >= 11 is 0. The predicted molar refractivity (Wildman–Crippen MR) is 128 cm³/mol. The maximum Gasteiger partial charge on any atom is 0.334 e. The van der Waals surface area contributed by atoms with Gasteiger partial charge in [-0.15, -0.1) is 0 Å². The summed E-state index contributed by atoms with van der Waals surface area (Å²) in [4.78, 5) is 14.8. The van der Waals surface area contributed by atoms with Crippen molar-refractivity contribution in [1.82, 2.24) is 19.4 Å². The highest BCUT2D eigenvalue weighted by Gasteiger charge is 2.38. The van der Waals surface area contributed by atoms with Crippen molar-refractivity contribution in [1.29, 1.82) is 0 Å². The molecule has 0 saturated carbocycles. The van der Waals surface area contributed by atoms with Crippen molar-refractivity contribution < 1.29 is 17.6 Å². The third kappa shape index (κ3) is 4.38. The number of rotatable bonds is 5. The molecule has 0 bridgehead atoms. The summed E-state index contributed by atoms with van der Waals surface area (Å²) in [6, 6.07) is 0.777. The Bertz CT molecular complexity index is 1170. The van der Waals surface area contributed by atoms with Gasteiger partial charge in [0.25, 0.3) is 0 Å². The Labute approximate surface area is 199 Å². The number of carbonyl (C=O) groups excluding carboxylic acids is 1. The van der Waals surface area contributed by atoms with Crippen LogP contribution in [0.4, 0.5) is 20.6 Å². The minimum absolute atomic E-state index is 0.0431. The summed E-state index contributed by atoms with van der Waals surface area (Å²) in [7, 11) is -0.901. The second kappa shape index (κ2) is 8.84. The fourth-order valence-electron chi connectivity index (χ4n) is 5.73. The molecule has 2 amide bonds. The van der Waals surface area contributed by atoms with E-state index in [1.807, 2.05) is 0 Å². The number of anilines is 2. The van der Waals surface area contributed by atoms with E-state index in [9.17, 15) is 17.6 Å². The number of nitrogens with one attached hydrogen (secondary N) is 2. The SMILES string of the molecule is CN1CC(F)CC(N(c2cnn(C)c2)S(=O)(=O)NC(=O)Nc2c3c(cc4c2CCC4)CCC3)C1. The van der Waals surface area contributed by atoms with Gasteiger partial charge in [-0.3, -0.25) is 4.68 Å². The van der Waals surface area contributed by atoms with E-state index < -0.39 is 28.5 Å². The number of halogens is 1. The third-order valence-corrected chi connectivity index (χ3v) is 8.50. The second-order valence-electron chi connectivity index (χ2n) is 9.67. The Hall–Kier alpha value is -2.66. The van der Waals surface area contributed by atoms with Crippen LogP contribution in [0.25, 0.3) is 0 Å². The molecule has 1 fully saturated rings. The average Bonchev–Trinajstić information content (AvgIpc) is 3.47. The standard InChI is InChI=1S/C23H31FN6O3S/c1-28-12-17(24)10-18(13-28)30(19-11-25-29(2)14-19)34(32,33)27-23(31)26-22-20-7-3-5-15(20)9-16-6-4-8-21(16)22/h9,11,14,17-18H,3-8,10,12-13H2,1-2H3,(H2,26,27,31). The number of alkyl halides is 1. The second-order valence-corrected chi connectivity index (χ2v) is 11.2. The molecule has 1 aromatic carbocycles. The Morgan fingerprint density at radius 1 is 1.12 bits per heavy atom. The number of benzene rings is 1. The Morgan fingerprint density at radius 3 is 2.38 bits per heavy atom. The lowest BCUT2D eigenvalue weighted by Crippen LogP contribution is -2.56. The van der Waals surface area contributed by atoms with E-state index in [0.717, 1.165) is 59.6 Å². The first kappa shape index (κ1) is 23.1. The molecule has 1 aliphatic heterocycles. The largest absolute Gasteiger partial charge is 0.334 e. The van der Waals surface area contributed by atoms with Gasteiger partial charge in [0.15, 0.2) is 0 Å². The van der Waals surface area contributed by atoms with Crippen LogP contribution in [0.1, 0.15) is 41.5 Å². The van der Waals surface area contributed by atoms with Gasteiger partial charge in [0.1, 0.15) is 6.17 Å². The quantitative estimate of drug-likeness (QED) is 0.670. The summed E-state index contributed by atoms with van der Waals surface area (Å²) in [6.45, 7) is 0.590. The average molecular weight is 491 g/mol. The minimum Gasteiger partial charge on any atom is -0.307 e. The van der Waals surface area contributed by atoms with Crippen LogP contribution < -0.4 is 14.3 Å². The monoisotopic (exact) mass is 490 g/mol. The number of aryl methyl sites for hydroxylation is 3. The van der Waals surface area contributed by atoms with Gasteiger partial charge in [-0.1, -0.05) is 6.07 Å². The zero-order valence-corrected chi connectivity index (χ0v) is 20.4. The number of urea groups is 1. The molecular weight excluding hydrogens is 459 g/mol. The van der Waals surface area contributed by atoms with Gasteiger partial charge >= 0.3 is 16.2 Å². The number of amides is 2. The van der Waals surface area contributed by atoms with Crippen LogP contribution in [0.5, 0.6) is 0 Å². The normalized spacial score (nSPS) is 22.3. The molecule has 1 saturated heterocycles. The summed E-state index contributed by atoms with van der Waals surface area (Å²) < 4.78 is 46.1. The van der Waals surface area contributed by atoms with Gasteiger partial charge in [-0.25, -0.2) is 18.2 Å². The maximum absolute atomic E-state index is 14.4. The van der Waals surface area contributed by atoms with Crippen molar-refractivity contribution in [3.8, 4) is 0 Å². The van der Waals surface area contributed by atoms with Crippen LogP contribution in [0.2, 0.25) is 0 Å². The summed E-state index contributed by atoms with van der Waals surface area (Å²) in [6.07, 6.45) is 7.60. The molecule has 2 unspecified atom stereocenters. The highest BCUT2D eigenvalue weighted by Crippen LogP contribution is 2.38. The first-order valence-electron chi connectivity index (χ1n) is 11.8. The van der Waals surface area contributed by atoms with Gasteiger partial charge in [0.2, 0.25) is 0 Å². The fourth-order valence-corrected chi connectivity index (χ4v) is 7.03. The van der Waals surface area contributed by atoms with E-state index in [1.54, 1.807) is 25.2 Å². The van der Waals surface area contributed by atoms with Gasteiger partial charge < -0.3 is 10.2 Å². The number of nitrogens with zero attached hydrogens (tertiary/aromatic N) is 4. The smallest absolute Gasteiger partial charge is 0.307 e. The molecule has 0 radical (unpaired) electrons. The van der Waals surface area contributed by atoms with Gasteiger partial charge in [-0.2, -0.15) is 13.5 Å². The summed E-state index contributed by atoms with van der Waals surface area (Å²) in [5.74, 6) is 0. The molecule has 1 aromatic heterocycles. The van der Waals surface area contributed by atoms with E-state index in [4.69, 9.17) is 0 Å². The molecule has 2 heterocycles. The molecule has 2 aliphatic carbocycles. The number of piperidine rings is 1. The highest BCUT2D eigenvalue weighted by atomic mass is 32.2. The molecule has 184 valence electrons. The molecule has 2 atom stereocenters. The van der Waals surface area contributed by atoms with Gasteiger partial charge in [-0.05, 0) is 67.8 Å². The molecule has 5 rings (SSSR count). The van der Waals surface area contributed by atoms with Crippen molar-refractivity contribution in [2.24, 2.45) is 7.05 Å². The van der Waals surface area contributed by atoms with Gasteiger partial charge in [0.05, 0.1) is 17.9 Å². The lowest BCUT2D eigenvalue weighted by molar-refractivity contribution is 0.148. The summed E-state index contributed by atoms with van der Waals surface area (Å²) in [5, 5.41) is 6.95. The Morgan fingerprint density at radius 2 is 1.79 bits per heavy atom. The van der Waals surface area contributed by atoms with Crippen molar-refractivity contribution in [2.75, 3.05) is 29.8 Å². The third-order valence-electron chi connectivity index (χ3n) is 7.03. The van der Waals surface area contributed by atoms with Crippen molar-refractivity contribution in [2.45, 2.75) is 57.2 Å². The number of likely N-dealkylation sites (N-methyl/N-ethyl adjacent to an activating group) is 1. The fraction of sp³-hybridized carbons (Fsp3) is 0.565. The maximum atomic E-state index is 14.4. The molecule has 9 nitrogen and oxygen atoms in total. The van der Waals surface area contributed by atoms with Gasteiger partial charge in [0, 0.05) is 38.4 Å². The molecule has 11 heteroatoms. The molecule has 0 spiro atoms. The first-order chi connectivity index (χ1) is 16.2. The number of hydrogen-bond acceptors (Lipinski definition) is 5. The number of aromatic nitrogens is 2. The van der Waals surface area contributed by atoms with E-state index in [2.05, 4.69) is 21.2 Å². The molecule has 2 aromatic rings. The van der Waals surface area contributed by atoms with Crippen molar-refractivity contribution >= 4 is 27.6 Å². The van der Waals surface area contributed by atoms with Crippen LogP contribution in [-0.4, -0.2) is 61.5 Å². The van der Waals surface area contributed by atoms with E-state index >= 15 is 0 Å². The molecule has 34 heavy (non-hydrogen) atoms. The lowest BCUT2D eigenvalue weighted by atomic mass is 9.99. The molecule has 2 N–H and O–H groups in total. The van der Waals surface area contributed by atoms with E-state index in [-0.39, 0.29) is 18.7 Å². The zero-order chi connectivity index (χ0) is 24.0. The summed E-state index contributed by atoms with van der Waals surface area (Å²) in [5.41, 5.74) is 5.78.